The number of hydrogen-bond donors (Lipinski definition) is 1. The van der Waals surface area contributed by atoms with Gasteiger partial charge in [-0.3, -0.25) is 0 Å². The zero-order chi connectivity index (χ0) is 13.8. The van der Waals surface area contributed by atoms with Gasteiger partial charge in [0.2, 0.25) is 5.09 Å². The summed E-state index contributed by atoms with van der Waals surface area (Å²) in [7, 11) is -0.134. The number of nitrogens with zero attached hydrogens (tertiary/aromatic N) is 1. The summed E-state index contributed by atoms with van der Waals surface area (Å²) in [4.78, 5) is 0. The Morgan fingerprint density at radius 3 is 2.67 bits per heavy atom. The highest BCUT2D eigenvalue weighted by molar-refractivity contribution is 7.89. The third-order valence-electron chi connectivity index (χ3n) is 2.92. The number of rotatable bonds is 7. The Balaban J connectivity index is 2.84. The second-order valence-electron chi connectivity index (χ2n) is 4.55. The molecule has 0 aliphatic carbocycles. The minimum atomic E-state index is -3.50. The lowest BCUT2D eigenvalue weighted by molar-refractivity contribution is 0.360. The van der Waals surface area contributed by atoms with E-state index < -0.39 is 10.0 Å². The van der Waals surface area contributed by atoms with Crippen LogP contribution in [0.5, 0.6) is 0 Å². The molecule has 1 unspecified atom stereocenters. The molecule has 1 heterocycles. The summed E-state index contributed by atoms with van der Waals surface area (Å²) in [6.07, 6.45) is 0.947. The third kappa shape index (κ3) is 3.57. The Bertz CT molecular complexity index is 467. The van der Waals surface area contributed by atoms with Crippen molar-refractivity contribution in [3.05, 3.63) is 17.9 Å². The molecule has 5 nitrogen and oxygen atoms in total. The van der Waals surface area contributed by atoms with Gasteiger partial charge in [-0.05, 0) is 25.1 Å². The molecule has 0 bridgehead atoms. The summed E-state index contributed by atoms with van der Waals surface area (Å²) in [6.45, 7) is 5.09. The molecule has 0 aliphatic heterocycles. The van der Waals surface area contributed by atoms with Crippen LogP contribution in [-0.2, 0) is 16.6 Å². The average molecular weight is 274 g/mol. The maximum absolute atomic E-state index is 12.2. The van der Waals surface area contributed by atoms with Crippen LogP contribution in [0.15, 0.2) is 21.6 Å². The Kier molecular flexibility index (Phi) is 5.37. The third-order valence-corrected chi connectivity index (χ3v) is 4.62. The van der Waals surface area contributed by atoms with Crippen molar-refractivity contribution in [1.29, 1.82) is 0 Å². The van der Waals surface area contributed by atoms with Gasteiger partial charge in [-0.15, -0.1) is 0 Å². The zero-order valence-electron chi connectivity index (χ0n) is 11.4. The van der Waals surface area contributed by atoms with Crippen molar-refractivity contribution >= 4 is 10.0 Å². The van der Waals surface area contributed by atoms with E-state index in [0.29, 0.717) is 24.8 Å². The molecule has 1 atom stereocenters. The van der Waals surface area contributed by atoms with E-state index in [2.05, 4.69) is 5.32 Å². The van der Waals surface area contributed by atoms with Gasteiger partial charge >= 0.3 is 0 Å². The molecule has 0 aliphatic rings. The van der Waals surface area contributed by atoms with Crippen molar-refractivity contribution in [2.75, 3.05) is 20.6 Å². The van der Waals surface area contributed by atoms with Gasteiger partial charge in [0, 0.05) is 13.6 Å². The van der Waals surface area contributed by atoms with Gasteiger partial charge in [-0.25, -0.2) is 8.42 Å². The van der Waals surface area contributed by atoms with Crippen LogP contribution in [0.25, 0.3) is 0 Å². The lowest BCUT2D eigenvalue weighted by Gasteiger charge is -2.18. The first kappa shape index (κ1) is 15.2. The second-order valence-corrected chi connectivity index (χ2v) is 6.53. The second kappa shape index (κ2) is 6.36. The molecule has 6 heteroatoms. The van der Waals surface area contributed by atoms with Gasteiger partial charge in [0.1, 0.15) is 5.76 Å². The lowest BCUT2D eigenvalue weighted by Crippen LogP contribution is -2.30. The minimum absolute atomic E-state index is 0.0125. The van der Waals surface area contributed by atoms with Crippen LogP contribution in [0.4, 0.5) is 0 Å². The largest absolute Gasteiger partial charge is 0.447 e. The van der Waals surface area contributed by atoms with Crippen LogP contribution in [0.3, 0.4) is 0 Å². The summed E-state index contributed by atoms with van der Waals surface area (Å²) >= 11 is 0. The van der Waals surface area contributed by atoms with E-state index in [9.17, 15) is 8.42 Å². The number of sulfonamides is 1. The highest BCUT2D eigenvalue weighted by Gasteiger charge is 2.25. The van der Waals surface area contributed by atoms with E-state index in [1.165, 1.54) is 10.4 Å². The number of furan rings is 1. The summed E-state index contributed by atoms with van der Waals surface area (Å²) < 4.78 is 31.1. The quantitative estimate of drug-likeness (QED) is 0.821. The van der Waals surface area contributed by atoms with E-state index in [4.69, 9.17) is 4.42 Å². The monoisotopic (exact) mass is 274 g/mol. The fourth-order valence-corrected chi connectivity index (χ4v) is 2.80. The Hall–Kier alpha value is -0.850. The van der Waals surface area contributed by atoms with Gasteiger partial charge in [-0.1, -0.05) is 20.3 Å². The minimum Gasteiger partial charge on any atom is -0.447 e. The Morgan fingerprint density at radius 1 is 1.44 bits per heavy atom. The van der Waals surface area contributed by atoms with Crippen LogP contribution in [-0.4, -0.2) is 33.4 Å². The van der Waals surface area contributed by atoms with Crippen LogP contribution in [0.1, 0.15) is 26.0 Å². The maximum atomic E-state index is 12.2. The number of nitrogens with one attached hydrogen (secondary N) is 1. The molecule has 0 spiro atoms. The number of hydrogen-bond acceptors (Lipinski definition) is 4. The van der Waals surface area contributed by atoms with Gasteiger partial charge < -0.3 is 9.73 Å². The highest BCUT2D eigenvalue weighted by Crippen LogP contribution is 2.19. The molecule has 1 rings (SSSR count). The highest BCUT2D eigenvalue weighted by atomic mass is 32.2. The first-order chi connectivity index (χ1) is 8.41. The van der Waals surface area contributed by atoms with Crippen LogP contribution in [0.2, 0.25) is 0 Å². The maximum Gasteiger partial charge on any atom is 0.276 e. The van der Waals surface area contributed by atoms with Crippen LogP contribution in [0, 0.1) is 5.92 Å². The van der Waals surface area contributed by atoms with E-state index in [0.717, 1.165) is 6.42 Å². The van der Waals surface area contributed by atoms with Gasteiger partial charge in [-0.2, -0.15) is 4.31 Å². The van der Waals surface area contributed by atoms with Gasteiger partial charge in [0.15, 0.2) is 0 Å². The lowest BCUT2D eigenvalue weighted by atomic mass is 10.1. The Morgan fingerprint density at radius 2 is 2.11 bits per heavy atom. The first-order valence-electron chi connectivity index (χ1n) is 6.11. The molecule has 1 aromatic rings. The molecule has 1 N–H and O–H groups in total. The average Bonchev–Trinajstić information content (AvgIpc) is 2.78. The van der Waals surface area contributed by atoms with E-state index in [1.54, 1.807) is 20.2 Å². The van der Waals surface area contributed by atoms with Crippen LogP contribution < -0.4 is 5.32 Å². The van der Waals surface area contributed by atoms with Crippen molar-refractivity contribution in [2.24, 2.45) is 5.92 Å². The van der Waals surface area contributed by atoms with Gasteiger partial charge in [0.25, 0.3) is 10.0 Å². The molecule has 1 aromatic heterocycles. The molecule has 0 amide bonds. The Labute approximate surface area is 109 Å². The standard InChI is InChI=1S/C12H22N2O3S/c1-5-10(2)9-14(4)18(15,16)12-7-6-11(17-12)8-13-3/h6-7,10,13H,5,8-9H2,1-4H3. The van der Waals surface area contributed by atoms with E-state index in [1.807, 2.05) is 13.8 Å². The summed E-state index contributed by atoms with van der Waals surface area (Å²) in [5.41, 5.74) is 0. The summed E-state index contributed by atoms with van der Waals surface area (Å²) in [5.74, 6) is 0.949. The topological polar surface area (TPSA) is 62.6 Å². The van der Waals surface area contributed by atoms with Gasteiger partial charge in [0.05, 0.1) is 6.54 Å². The SMILES string of the molecule is CCC(C)CN(C)S(=O)(=O)c1ccc(CNC)o1. The smallest absolute Gasteiger partial charge is 0.276 e. The fraction of sp³-hybridized carbons (Fsp3) is 0.667. The van der Waals surface area contributed by atoms with E-state index >= 15 is 0 Å². The summed E-state index contributed by atoms with van der Waals surface area (Å²) in [6, 6.07) is 3.19. The molecule has 0 saturated carbocycles. The molecule has 18 heavy (non-hydrogen) atoms. The predicted octanol–water partition coefficient (Wildman–Crippen LogP) is 1.67. The predicted molar refractivity (Wildman–Crippen MR) is 70.7 cm³/mol. The van der Waals surface area contributed by atoms with Crippen LogP contribution >= 0.6 is 0 Å². The van der Waals surface area contributed by atoms with E-state index in [-0.39, 0.29) is 5.09 Å². The molecular formula is C12H22N2O3S. The zero-order valence-corrected chi connectivity index (χ0v) is 12.3. The van der Waals surface area contributed by atoms with Crippen molar-refractivity contribution in [3.8, 4) is 0 Å². The molecular weight excluding hydrogens is 252 g/mol. The van der Waals surface area contributed by atoms with Crippen molar-refractivity contribution in [3.63, 3.8) is 0 Å². The van der Waals surface area contributed by atoms with Crippen molar-refractivity contribution < 1.29 is 12.8 Å². The summed E-state index contributed by atoms with van der Waals surface area (Å²) in [5, 5.41) is 2.93. The molecule has 0 fully saturated rings. The fourth-order valence-electron chi connectivity index (χ4n) is 1.59. The molecule has 104 valence electrons. The molecule has 0 saturated heterocycles. The normalized spacial score (nSPS) is 14.1. The van der Waals surface area contributed by atoms with Crippen molar-refractivity contribution in [1.82, 2.24) is 9.62 Å². The first-order valence-corrected chi connectivity index (χ1v) is 7.55. The molecule has 0 aromatic carbocycles. The van der Waals surface area contributed by atoms with Crippen molar-refractivity contribution in [2.45, 2.75) is 31.9 Å². The molecule has 0 radical (unpaired) electrons.